The normalized spacial score (nSPS) is 13.9. The summed E-state index contributed by atoms with van der Waals surface area (Å²) < 4.78 is 5.17. The van der Waals surface area contributed by atoms with Crippen LogP contribution >= 0.6 is 11.8 Å². The summed E-state index contributed by atoms with van der Waals surface area (Å²) in [6.07, 6.45) is 0.559. The molecule has 0 aliphatic heterocycles. The van der Waals surface area contributed by atoms with Crippen LogP contribution in [0.15, 0.2) is 54.6 Å². The van der Waals surface area contributed by atoms with Gasteiger partial charge < -0.3 is 10.1 Å². The summed E-state index contributed by atoms with van der Waals surface area (Å²) in [6.45, 7) is 3.95. The van der Waals surface area contributed by atoms with Crippen molar-refractivity contribution in [2.24, 2.45) is 5.92 Å². The van der Waals surface area contributed by atoms with Gasteiger partial charge in [-0.3, -0.25) is 4.79 Å². The van der Waals surface area contributed by atoms with Gasteiger partial charge in [0.1, 0.15) is 11.8 Å². The summed E-state index contributed by atoms with van der Waals surface area (Å²) in [5, 5.41) is 13.1. The Morgan fingerprint density at radius 1 is 1.19 bits per heavy atom. The third kappa shape index (κ3) is 6.04. The van der Waals surface area contributed by atoms with Crippen molar-refractivity contribution in [3.8, 4) is 11.8 Å². The highest BCUT2D eigenvalue weighted by Crippen LogP contribution is 2.33. The Kier molecular flexibility index (Phi) is 8.22. The second-order valence-corrected chi connectivity index (χ2v) is 7.62. The first kappa shape index (κ1) is 20.9. The van der Waals surface area contributed by atoms with Gasteiger partial charge in [-0.25, -0.2) is 0 Å². The quantitative estimate of drug-likeness (QED) is 0.654. The number of benzene rings is 2. The van der Waals surface area contributed by atoms with Gasteiger partial charge in [-0.05, 0) is 47.9 Å². The summed E-state index contributed by atoms with van der Waals surface area (Å²) in [7, 11) is 1.62. The standard InChI is InChI=1S/C22H26N2O2S/c1-4-27-22(25)16(2)21(17-8-6-5-7-9-17)14-19(15-23)24-18-10-12-20(26-3)13-11-18/h5-13,16,19,21,24H,4,14H2,1-3H3. The van der Waals surface area contributed by atoms with E-state index >= 15 is 0 Å². The Bertz CT molecular complexity index is 756. The van der Waals surface area contributed by atoms with E-state index in [1.165, 1.54) is 11.8 Å². The van der Waals surface area contributed by atoms with Crippen molar-refractivity contribution in [2.75, 3.05) is 18.2 Å². The molecular formula is C22H26N2O2S. The number of hydrogen-bond donors (Lipinski definition) is 1. The third-order valence-electron chi connectivity index (χ3n) is 4.57. The van der Waals surface area contributed by atoms with Crippen LogP contribution in [0.4, 0.5) is 5.69 Å². The third-order valence-corrected chi connectivity index (χ3v) is 5.51. The van der Waals surface area contributed by atoms with Crippen molar-refractivity contribution in [3.63, 3.8) is 0 Å². The molecule has 2 aromatic carbocycles. The summed E-state index contributed by atoms with van der Waals surface area (Å²) in [5.41, 5.74) is 1.95. The maximum atomic E-state index is 12.5. The molecule has 0 saturated heterocycles. The van der Waals surface area contributed by atoms with E-state index in [9.17, 15) is 10.1 Å². The highest BCUT2D eigenvalue weighted by Gasteiger charge is 2.28. The largest absolute Gasteiger partial charge is 0.497 e. The fourth-order valence-corrected chi connectivity index (χ4v) is 3.77. The molecular weight excluding hydrogens is 356 g/mol. The van der Waals surface area contributed by atoms with Crippen molar-refractivity contribution in [2.45, 2.75) is 32.2 Å². The molecule has 4 nitrogen and oxygen atoms in total. The van der Waals surface area contributed by atoms with E-state index in [1.807, 2.05) is 68.4 Å². The smallest absolute Gasteiger partial charge is 0.192 e. The van der Waals surface area contributed by atoms with E-state index < -0.39 is 6.04 Å². The summed E-state index contributed by atoms with van der Waals surface area (Å²) in [6, 6.07) is 19.4. The SMILES string of the molecule is CCSC(=O)C(C)C(CC(C#N)Nc1ccc(OC)cc1)c1ccccc1. The molecule has 142 valence electrons. The van der Waals surface area contributed by atoms with Crippen LogP contribution in [-0.4, -0.2) is 24.0 Å². The van der Waals surface area contributed by atoms with Crippen molar-refractivity contribution in [3.05, 3.63) is 60.2 Å². The van der Waals surface area contributed by atoms with Gasteiger partial charge in [-0.15, -0.1) is 0 Å². The molecule has 0 saturated carbocycles. The van der Waals surface area contributed by atoms with Gasteiger partial charge in [0.25, 0.3) is 0 Å². The maximum Gasteiger partial charge on any atom is 0.192 e. The van der Waals surface area contributed by atoms with Crippen molar-refractivity contribution < 1.29 is 9.53 Å². The molecule has 0 aliphatic rings. The Balaban J connectivity index is 2.18. The highest BCUT2D eigenvalue weighted by atomic mass is 32.2. The Morgan fingerprint density at radius 3 is 2.41 bits per heavy atom. The average Bonchev–Trinajstić information content (AvgIpc) is 2.71. The molecule has 5 heteroatoms. The number of hydrogen-bond acceptors (Lipinski definition) is 5. The maximum absolute atomic E-state index is 12.5. The lowest BCUT2D eigenvalue weighted by atomic mass is 9.83. The lowest BCUT2D eigenvalue weighted by Gasteiger charge is -2.26. The van der Waals surface area contributed by atoms with Gasteiger partial charge >= 0.3 is 0 Å². The number of nitrogens with one attached hydrogen (secondary N) is 1. The highest BCUT2D eigenvalue weighted by molar-refractivity contribution is 8.13. The minimum absolute atomic E-state index is 0.0202. The van der Waals surface area contributed by atoms with E-state index in [4.69, 9.17) is 4.74 Å². The first-order chi connectivity index (χ1) is 13.1. The van der Waals surface area contributed by atoms with E-state index in [-0.39, 0.29) is 17.0 Å². The molecule has 0 fully saturated rings. The second-order valence-electron chi connectivity index (χ2n) is 6.35. The Hall–Kier alpha value is -2.45. The number of ether oxygens (including phenoxy) is 1. The van der Waals surface area contributed by atoms with Crippen LogP contribution in [0, 0.1) is 17.2 Å². The molecule has 0 radical (unpaired) electrons. The van der Waals surface area contributed by atoms with E-state index in [2.05, 4.69) is 11.4 Å². The molecule has 0 amide bonds. The summed E-state index contributed by atoms with van der Waals surface area (Å²) in [4.78, 5) is 12.5. The number of rotatable bonds is 9. The lowest BCUT2D eigenvalue weighted by Crippen LogP contribution is -2.26. The molecule has 27 heavy (non-hydrogen) atoms. The summed E-state index contributed by atoms with van der Waals surface area (Å²) >= 11 is 1.35. The molecule has 0 bridgehead atoms. The van der Waals surface area contributed by atoms with Crippen LogP contribution in [0.2, 0.25) is 0 Å². The molecule has 3 unspecified atom stereocenters. The minimum Gasteiger partial charge on any atom is -0.497 e. The van der Waals surface area contributed by atoms with Gasteiger partial charge in [0, 0.05) is 11.6 Å². The van der Waals surface area contributed by atoms with Gasteiger partial charge in [-0.2, -0.15) is 5.26 Å². The van der Waals surface area contributed by atoms with E-state index in [0.717, 1.165) is 22.8 Å². The molecule has 0 aliphatic carbocycles. The molecule has 2 aromatic rings. The van der Waals surface area contributed by atoms with Crippen LogP contribution in [0.25, 0.3) is 0 Å². The number of carbonyl (C=O) groups excluding carboxylic acids is 1. The topological polar surface area (TPSA) is 62.1 Å². The fraction of sp³-hybridized carbons (Fsp3) is 0.364. The molecule has 0 heterocycles. The number of nitriles is 1. The van der Waals surface area contributed by atoms with Gasteiger partial charge in [-0.1, -0.05) is 55.9 Å². The van der Waals surface area contributed by atoms with Crippen LogP contribution in [0.3, 0.4) is 0 Å². The van der Waals surface area contributed by atoms with Crippen LogP contribution in [0.5, 0.6) is 5.75 Å². The van der Waals surface area contributed by atoms with E-state index in [0.29, 0.717) is 6.42 Å². The van der Waals surface area contributed by atoms with Crippen LogP contribution in [0.1, 0.15) is 31.7 Å². The predicted molar refractivity (Wildman–Crippen MR) is 112 cm³/mol. The molecule has 0 aromatic heterocycles. The molecule has 0 spiro atoms. The Labute approximate surface area is 165 Å². The van der Waals surface area contributed by atoms with Crippen molar-refractivity contribution >= 4 is 22.6 Å². The molecule has 3 atom stereocenters. The zero-order chi connectivity index (χ0) is 19.6. The number of methoxy groups -OCH3 is 1. The van der Waals surface area contributed by atoms with Crippen LogP contribution in [-0.2, 0) is 4.79 Å². The number of nitrogens with zero attached hydrogens (tertiary/aromatic N) is 1. The summed E-state index contributed by atoms with van der Waals surface area (Å²) in [5.74, 6) is 1.35. The number of thioether (sulfide) groups is 1. The zero-order valence-corrected chi connectivity index (χ0v) is 16.8. The van der Waals surface area contributed by atoms with Gasteiger partial charge in [0.2, 0.25) is 0 Å². The van der Waals surface area contributed by atoms with Crippen molar-refractivity contribution in [1.82, 2.24) is 0 Å². The zero-order valence-electron chi connectivity index (χ0n) is 16.0. The Morgan fingerprint density at radius 2 is 1.85 bits per heavy atom. The first-order valence-corrected chi connectivity index (χ1v) is 10.1. The monoisotopic (exact) mass is 382 g/mol. The van der Waals surface area contributed by atoms with Gasteiger partial charge in [0.05, 0.1) is 13.2 Å². The average molecular weight is 383 g/mol. The second kappa shape index (κ2) is 10.6. The van der Waals surface area contributed by atoms with E-state index in [1.54, 1.807) is 7.11 Å². The van der Waals surface area contributed by atoms with Crippen LogP contribution < -0.4 is 10.1 Å². The molecule has 2 rings (SSSR count). The first-order valence-electron chi connectivity index (χ1n) is 9.10. The lowest BCUT2D eigenvalue weighted by molar-refractivity contribution is -0.114. The van der Waals surface area contributed by atoms with Crippen molar-refractivity contribution in [1.29, 1.82) is 5.26 Å². The minimum atomic E-state index is -0.398. The number of carbonyl (C=O) groups is 1. The fourth-order valence-electron chi connectivity index (χ4n) is 3.05. The predicted octanol–water partition coefficient (Wildman–Crippen LogP) is 5.09. The number of anilines is 1. The molecule has 1 N–H and O–H groups in total. The van der Waals surface area contributed by atoms with Gasteiger partial charge in [0.15, 0.2) is 5.12 Å².